The molecular weight excluding hydrogens is 350 g/mol. The summed E-state index contributed by atoms with van der Waals surface area (Å²) in [6.07, 6.45) is 6.81. The normalized spacial score (nSPS) is 13.8. The molecule has 3 heterocycles. The predicted octanol–water partition coefficient (Wildman–Crippen LogP) is 2.34. The SMILES string of the molecule is N#Cc1c(NC(=O)Cn2nc3ccccn3c2=O)sc2c1CCCCC2. The van der Waals surface area contributed by atoms with E-state index in [0.717, 1.165) is 35.9 Å². The minimum Gasteiger partial charge on any atom is -0.315 e. The molecule has 0 atom stereocenters. The van der Waals surface area contributed by atoms with Crippen LogP contribution in [-0.4, -0.2) is 20.1 Å². The predicted molar refractivity (Wildman–Crippen MR) is 98.4 cm³/mol. The molecule has 0 bridgehead atoms. The number of fused-ring (bicyclic) bond motifs is 2. The van der Waals surface area contributed by atoms with Crippen LogP contribution in [0.1, 0.15) is 35.3 Å². The minimum absolute atomic E-state index is 0.187. The molecule has 26 heavy (non-hydrogen) atoms. The topological polar surface area (TPSA) is 92.2 Å². The van der Waals surface area contributed by atoms with Gasteiger partial charge in [0.2, 0.25) is 5.91 Å². The Balaban J connectivity index is 1.58. The third-order valence-electron chi connectivity index (χ3n) is 4.57. The lowest BCUT2D eigenvalue weighted by Gasteiger charge is -2.03. The Kier molecular flexibility index (Phi) is 4.31. The van der Waals surface area contributed by atoms with Crippen LogP contribution in [0, 0.1) is 11.3 Å². The van der Waals surface area contributed by atoms with Gasteiger partial charge in [-0.05, 0) is 43.4 Å². The molecule has 0 saturated heterocycles. The second-order valence-electron chi connectivity index (χ2n) is 6.30. The lowest BCUT2D eigenvalue weighted by Crippen LogP contribution is -2.28. The van der Waals surface area contributed by atoms with Gasteiger partial charge in [-0.2, -0.15) is 5.26 Å². The van der Waals surface area contributed by atoms with E-state index in [4.69, 9.17) is 0 Å². The van der Waals surface area contributed by atoms with Crippen LogP contribution >= 0.6 is 11.3 Å². The fourth-order valence-corrected chi connectivity index (χ4v) is 4.58. The molecular formula is C18H17N5O2S. The van der Waals surface area contributed by atoms with Crippen molar-refractivity contribution >= 4 is 27.9 Å². The maximum absolute atomic E-state index is 12.4. The average molecular weight is 367 g/mol. The quantitative estimate of drug-likeness (QED) is 0.719. The molecule has 1 amide bonds. The second kappa shape index (κ2) is 6.77. The number of nitrogens with zero attached hydrogens (tertiary/aromatic N) is 4. The second-order valence-corrected chi connectivity index (χ2v) is 7.40. The first-order valence-electron chi connectivity index (χ1n) is 8.56. The van der Waals surface area contributed by atoms with Crippen molar-refractivity contribution in [3.8, 4) is 6.07 Å². The summed E-state index contributed by atoms with van der Waals surface area (Å²) in [7, 11) is 0. The van der Waals surface area contributed by atoms with Crippen molar-refractivity contribution < 1.29 is 4.79 Å². The highest BCUT2D eigenvalue weighted by Crippen LogP contribution is 2.36. The van der Waals surface area contributed by atoms with Crippen LogP contribution in [0.2, 0.25) is 0 Å². The maximum Gasteiger partial charge on any atom is 0.350 e. The number of rotatable bonds is 3. The molecule has 0 unspecified atom stereocenters. The summed E-state index contributed by atoms with van der Waals surface area (Å²) in [5, 5.41) is 17.1. The molecule has 8 heteroatoms. The maximum atomic E-state index is 12.4. The highest BCUT2D eigenvalue weighted by molar-refractivity contribution is 7.16. The number of carbonyl (C=O) groups excluding carboxylic acids is 1. The van der Waals surface area contributed by atoms with Gasteiger partial charge >= 0.3 is 5.69 Å². The zero-order valence-corrected chi connectivity index (χ0v) is 14.9. The molecule has 7 nitrogen and oxygen atoms in total. The van der Waals surface area contributed by atoms with E-state index in [1.807, 2.05) is 0 Å². The third kappa shape index (κ3) is 2.91. The fourth-order valence-electron chi connectivity index (χ4n) is 3.32. The zero-order chi connectivity index (χ0) is 18.1. The van der Waals surface area contributed by atoms with Crippen LogP contribution in [0.25, 0.3) is 5.65 Å². The van der Waals surface area contributed by atoms with Gasteiger partial charge in [-0.15, -0.1) is 16.4 Å². The van der Waals surface area contributed by atoms with Crippen LogP contribution < -0.4 is 11.0 Å². The standard InChI is InChI=1S/C18H17N5O2S/c19-10-13-12-6-2-1-3-7-14(12)26-17(13)20-16(24)11-23-18(25)22-9-5-4-8-15(22)21-23/h4-5,8-9H,1-3,6-7,11H2,(H,20,24). The summed E-state index contributed by atoms with van der Waals surface area (Å²) >= 11 is 1.48. The Morgan fingerprint density at radius 2 is 2.15 bits per heavy atom. The van der Waals surface area contributed by atoms with Crippen LogP contribution in [0.4, 0.5) is 5.00 Å². The Morgan fingerprint density at radius 3 is 2.96 bits per heavy atom. The average Bonchev–Trinajstić information content (AvgIpc) is 3.01. The number of pyridine rings is 1. The highest BCUT2D eigenvalue weighted by Gasteiger charge is 2.21. The molecule has 0 saturated carbocycles. The van der Waals surface area contributed by atoms with Gasteiger partial charge in [0, 0.05) is 11.1 Å². The number of nitrogens with one attached hydrogen (secondary N) is 1. The van der Waals surface area contributed by atoms with E-state index in [1.54, 1.807) is 24.4 Å². The number of anilines is 1. The smallest absolute Gasteiger partial charge is 0.315 e. The first-order chi connectivity index (χ1) is 12.7. The van der Waals surface area contributed by atoms with Crippen molar-refractivity contribution in [3.05, 3.63) is 50.9 Å². The van der Waals surface area contributed by atoms with Gasteiger partial charge in [0.05, 0.1) is 5.56 Å². The van der Waals surface area contributed by atoms with Gasteiger partial charge in [0.1, 0.15) is 17.6 Å². The summed E-state index contributed by atoms with van der Waals surface area (Å²) < 4.78 is 2.52. The van der Waals surface area contributed by atoms with Crippen molar-refractivity contribution in [2.24, 2.45) is 0 Å². The van der Waals surface area contributed by atoms with Crippen LogP contribution in [-0.2, 0) is 24.2 Å². The Labute approximate surface area is 153 Å². The number of hydrogen-bond donors (Lipinski definition) is 1. The van der Waals surface area contributed by atoms with Gasteiger partial charge in [0.25, 0.3) is 0 Å². The number of amides is 1. The Bertz CT molecular complexity index is 1090. The van der Waals surface area contributed by atoms with Crippen LogP contribution in [0.3, 0.4) is 0 Å². The van der Waals surface area contributed by atoms with Gasteiger partial charge in [-0.1, -0.05) is 12.5 Å². The van der Waals surface area contributed by atoms with E-state index < -0.39 is 0 Å². The van der Waals surface area contributed by atoms with E-state index in [1.165, 1.54) is 27.0 Å². The minimum atomic E-state index is -0.363. The van der Waals surface area contributed by atoms with E-state index in [0.29, 0.717) is 16.2 Å². The molecule has 3 aromatic heterocycles. The summed E-state index contributed by atoms with van der Waals surface area (Å²) in [6, 6.07) is 7.47. The fraction of sp³-hybridized carbons (Fsp3) is 0.333. The van der Waals surface area contributed by atoms with Gasteiger partial charge < -0.3 is 5.32 Å². The molecule has 132 valence electrons. The van der Waals surface area contributed by atoms with Crippen molar-refractivity contribution in [1.29, 1.82) is 5.26 Å². The highest BCUT2D eigenvalue weighted by atomic mass is 32.1. The lowest BCUT2D eigenvalue weighted by atomic mass is 10.1. The summed E-state index contributed by atoms with van der Waals surface area (Å²) in [5.74, 6) is -0.358. The number of carbonyl (C=O) groups is 1. The van der Waals surface area contributed by atoms with E-state index in [-0.39, 0.29) is 18.1 Å². The van der Waals surface area contributed by atoms with Crippen molar-refractivity contribution in [2.45, 2.75) is 38.6 Å². The van der Waals surface area contributed by atoms with Crippen LogP contribution in [0.15, 0.2) is 29.2 Å². The van der Waals surface area contributed by atoms with Gasteiger partial charge in [0.15, 0.2) is 5.65 Å². The summed E-state index contributed by atoms with van der Waals surface area (Å²) in [4.78, 5) is 25.9. The summed E-state index contributed by atoms with van der Waals surface area (Å²) in [6.45, 7) is -0.187. The van der Waals surface area contributed by atoms with Gasteiger partial charge in [-0.3, -0.25) is 9.20 Å². The van der Waals surface area contributed by atoms with E-state index in [9.17, 15) is 14.9 Å². The molecule has 1 aliphatic rings. The molecule has 1 aliphatic carbocycles. The zero-order valence-electron chi connectivity index (χ0n) is 14.1. The van der Waals surface area contributed by atoms with Gasteiger partial charge in [-0.25, -0.2) is 9.48 Å². The first kappa shape index (κ1) is 16.5. The molecule has 1 N–H and O–H groups in total. The Hall–Kier alpha value is -2.92. The molecule has 3 aromatic rings. The Morgan fingerprint density at radius 1 is 1.31 bits per heavy atom. The van der Waals surface area contributed by atoms with E-state index in [2.05, 4.69) is 16.5 Å². The number of thiophene rings is 1. The molecule has 0 aliphatic heterocycles. The largest absolute Gasteiger partial charge is 0.350 e. The number of nitriles is 1. The van der Waals surface area contributed by atoms with Crippen molar-refractivity contribution in [3.63, 3.8) is 0 Å². The number of hydrogen-bond acceptors (Lipinski definition) is 5. The lowest BCUT2D eigenvalue weighted by molar-refractivity contribution is -0.116. The molecule has 4 rings (SSSR count). The van der Waals surface area contributed by atoms with Crippen LogP contribution in [0.5, 0.6) is 0 Å². The van der Waals surface area contributed by atoms with Crippen molar-refractivity contribution in [1.82, 2.24) is 14.2 Å². The molecule has 0 radical (unpaired) electrons. The third-order valence-corrected chi connectivity index (χ3v) is 5.78. The molecule has 0 spiro atoms. The molecule has 0 aromatic carbocycles. The molecule has 0 fully saturated rings. The first-order valence-corrected chi connectivity index (χ1v) is 9.37. The number of aromatic nitrogens is 3. The van der Waals surface area contributed by atoms with E-state index >= 15 is 0 Å². The number of aryl methyl sites for hydroxylation is 1. The van der Waals surface area contributed by atoms with Crippen molar-refractivity contribution in [2.75, 3.05) is 5.32 Å². The summed E-state index contributed by atoms with van der Waals surface area (Å²) in [5.41, 5.74) is 1.78. The monoisotopic (exact) mass is 367 g/mol.